The number of aryl methyl sites for hydroxylation is 1. The van der Waals surface area contributed by atoms with Crippen molar-refractivity contribution in [1.82, 2.24) is 10.6 Å². The first-order chi connectivity index (χ1) is 12.4. The van der Waals surface area contributed by atoms with Crippen LogP contribution in [-0.4, -0.2) is 26.7 Å². The van der Waals surface area contributed by atoms with Crippen molar-refractivity contribution < 1.29 is 4.74 Å². The van der Waals surface area contributed by atoms with Crippen LogP contribution < -0.4 is 15.4 Å². The Hall–Kier alpha value is -1.84. The van der Waals surface area contributed by atoms with Gasteiger partial charge in [0.2, 0.25) is 0 Å². The molecule has 3 heteroatoms. The lowest BCUT2D eigenvalue weighted by Crippen LogP contribution is -2.29. The third-order valence-electron chi connectivity index (χ3n) is 5.08. The maximum absolute atomic E-state index is 5.54. The molecule has 0 saturated heterocycles. The number of hydrogen-bond acceptors (Lipinski definition) is 3. The fourth-order valence-corrected chi connectivity index (χ4v) is 3.67. The van der Waals surface area contributed by atoms with E-state index in [4.69, 9.17) is 4.74 Å². The molecule has 2 aromatic rings. The van der Waals surface area contributed by atoms with Crippen molar-refractivity contribution in [3.05, 3.63) is 65.2 Å². The van der Waals surface area contributed by atoms with E-state index in [1.54, 1.807) is 7.11 Å². The summed E-state index contributed by atoms with van der Waals surface area (Å²) in [6.45, 7) is 4.20. The first-order valence-electron chi connectivity index (χ1n) is 9.47. The van der Waals surface area contributed by atoms with Crippen LogP contribution in [0.4, 0.5) is 0 Å². The van der Waals surface area contributed by atoms with Gasteiger partial charge in [0, 0.05) is 6.54 Å². The molecule has 0 bridgehead atoms. The van der Waals surface area contributed by atoms with E-state index < -0.39 is 0 Å². The average molecular weight is 338 g/mol. The third kappa shape index (κ3) is 5.32. The van der Waals surface area contributed by atoms with Crippen LogP contribution in [0.15, 0.2) is 48.5 Å². The lowest BCUT2D eigenvalue weighted by atomic mass is 9.83. The minimum absolute atomic E-state index is 0.723. The monoisotopic (exact) mass is 338 g/mol. The van der Waals surface area contributed by atoms with Crippen LogP contribution >= 0.6 is 0 Å². The maximum Gasteiger partial charge on any atom is 0.122 e. The van der Waals surface area contributed by atoms with E-state index in [9.17, 15) is 0 Å². The zero-order chi connectivity index (χ0) is 17.3. The summed E-state index contributed by atoms with van der Waals surface area (Å²) >= 11 is 0. The summed E-state index contributed by atoms with van der Waals surface area (Å²) in [7, 11) is 1.78. The second-order valence-corrected chi connectivity index (χ2v) is 6.93. The Morgan fingerprint density at radius 1 is 1.00 bits per heavy atom. The zero-order valence-corrected chi connectivity index (χ0v) is 15.3. The molecule has 3 nitrogen and oxygen atoms in total. The lowest BCUT2D eigenvalue weighted by Gasteiger charge is -2.26. The maximum atomic E-state index is 5.54. The largest absolute Gasteiger partial charge is 0.496 e. The standard InChI is InChI=1S/C22H30N2O/c1-25-22-10-5-9-20-12-11-19(15-21(20)22)17-24-14-6-13-23-16-18-7-3-2-4-8-18/h2-5,7-10,19,23-24H,6,11-17H2,1H3. The molecule has 0 fully saturated rings. The van der Waals surface area contributed by atoms with Crippen LogP contribution in [0.25, 0.3) is 0 Å². The minimum Gasteiger partial charge on any atom is -0.496 e. The molecule has 0 saturated carbocycles. The van der Waals surface area contributed by atoms with Crippen LogP contribution in [-0.2, 0) is 19.4 Å². The molecular weight excluding hydrogens is 308 g/mol. The highest BCUT2D eigenvalue weighted by Gasteiger charge is 2.20. The Morgan fingerprint density at radius 2 is 1.84 bits per heavy atom. The fourth-order valence-electron chi connectivity index (χ4n) is 3.67. The molecular formula is C22H30N2O. The number of ether oxygens (including phenoxy) is 1. The van der Waals surface area contributed by atoms with Crippen LogP contribution in [0.3, 0.4) is 0 Å². The molecule has 0 aromatic heterocycles. The molecule has 2 aromatic carbocycles. The second-order valence-electron chi connectivity index (χ2n) is 6.93. The van der Waals surface area contributed by atoms with Crippen LogP contribution in [0.5, 0.6) is 5.75 Å². The van der Waals surface area contributed by atoms with Crippen LogP contribution in [0, 0.1) is 5.92 Å². The van der Waals surface area contributed by atoms with E-state index in [2.05, 4.69) is 59.2 Å². The molecule has 25 heavy (non-hydrogen) atoms. The molecule has 1 unspecified atom stereocenters. The summed E-state index contributed by atoms with van der Waals surface area (Å²) in [4.78, 5) is 0. The molecule has 3 rings (SSSR count). The Kier molecular flexibility index (Phi) is 6.89. The van der Waals surface area contributed by atoms with Crippen molar-refractivity contribution in [3.8, 4) is 5.75 Å². The first kappa shape index (κ1) is 18.0. The van der Waals surface area contributed by atoms with Gasteiger partial charge in [-0.3, -0.25) is 0 Å². The molecule has 0 heterocycles. The molecule has 1 aliphatic carbocycles. The first-order valence-corrected chi connectivity index (χ1v) is 9.47. The van der Waals surface area contributed by atoms with Gasteiger partial charge >= 0.3 is 0 Å². The second kappa shape index (κ2) is 9.59. The predicted molar refractivity (Wildman–Crippen MR) is 104 cm³/mol. The van der Waals surface area contributed by atoms with Crippen molar-refractivity contribution in [2.45, 2.75) is 32.2 Å². The highest BCUT2D eigenvalue weighted by molar-refractivity contribution is 5.42. The summed E-state index contributed by atoms with van der Waals surface area (Å²) in [5.74, 6) is 1.79. The Balaban J connectivity index is 1.31. The van der Waals surface area contributed by atoms with Gasteiger partial charge in [-0.25, -0.2) is 0 Å². The van der Waals surface area contributed by atoms with Gasteiger partial charge < -0.3 is 15.4 Å². The summed E-state index contributed by atoms with van der Waals surface area (Å²) in [6, 6.07) is 17.0. The summed E-state index contributed by atoms with van der Waals surface area (Å²) in [5, 5.41) is 7.15. The number of hydrogen-bond donors (Lipinski definition) is 2. The zero-order valence-electron chi connectivity index (χ0n) is 15.3. The van der Waals surface area contributed by atoms with E-state index in [-0.39, 0.29) is 0 Å². The molecule has 0 amide bonds. The Bertz CT molecular complexity index is 627. The Labute approximate surface area is 151 Å². The minimum atomic E-state index is 0.723. The van der Waals surface area contributed by atoms with Gasteiger partial charge in [-0.15, -0.1) is 0 Å². The van der Waals surface area contributed by atoms with E-state index >= 15 is 0 Å². The van der Waals surface area contributed by atoms with E-state index in [0.29, 0.717) is 0 Å². The van der Waals surface area contributed by atoms with Gasteiger partial charge in [0.15, 0.2) is 0 Å². The molecule has 0 radical (unpaired) electrons. The summed E-state index contributed by atoms with van der Waals surface area (Å²) < 4.78 is 5.54. The van der Waals surface area contributed by atoms with Gasteiger partial charge in [0.25, 0.3) is 0 Å². The number of benzene rings is 2. The van der Waals surface area contributed by atoms with Crippen molar-refractivity contribution >= 4 is 0 Å². The van der Waals surface area contributed by atoms with Gasteiger partial charge in [0.1, 0.15) is 5.75 Å². The van der Waals surface area contributed by atoms with Gasteiger partial charge in [-0.1, -0.05) is 42.5 Å². The predicted octanol–water partition coefficient (Wildman–Crippen LogP) is 3.57. The lowest BCUT2D eigenvalue weighted by molar-refractivity contribution is 0.382. The third-order valence-corrected chi connectivity index (χ3v) is 5.08. The molecule has 0 aliphatic heterocycles. The quantitative estimate of drug-likeness (QED) is 0.686. The number of methoxy groups -OCH3 is 1. The van der Waals surface area contributed by atoms with Crippen LogP contribution in [0.1, 0.15) is 29.5 Å². The summed E-state index contributed by atoms with van der Waals surface area (Å²) in [5.41, 5.74) is 4.25. The van der Waals surface area contributed by atoms with Gasteiger partial charge in [0.05, 0.1) is 7.11 Å². The fraction of sp³-hybridized carbons (Fsp3) is 0.455. The molecule has 0 spiro atoms. The SMILES string of the molecule is COc1cccc2c1CC(CNCCCNCc1ccccc1)CC2. The number of fused-ring (bicyclic) bond motifs is 1. The average Bonchev–Trinajstić information content (AvgIpc) is 2.67. The molecule has 134 valence electrons. The molecule has 1 aliphatic rings. The molecule has 2 N–H and O–H groups in total. The normalized spacial score (nSPS) is 16.4. The highest BCUT2D eigenvalue weighted by Crippen LogP contribution is 2.31. The van der Waals surface area contributed by atoms with Gasteiger partial charge in [-0.05, 0) is 74.0 Å². The Morgan fingerprint density at radius 3 is 2.68 bits per heavy atom. The smallest absolute Gasteiger partial charge is 0.122 e. The van der Waals surface area contributed by atoms with E-state index in [0.717, 1.165) is 44.3 Å². The van der Waals surface area contributed by atoms with Crippen LogP contribution in [0.2, 0.25) is 0 Å². The number of rotatable bonds is 9. The van der Waals surface area contributed by atoms with Crippen molar-refractivity contribution in [2.24, 2.45) is 5.92 Å². The highest BCUT2D eigenvalue weighted by atomic mass is 16.5. The number of nitrogens with one attached hydrogen (secondary N) is 2. The summed E-state index contributed by atoms with van der Waals surface area (Å²) in [6.07, 6.45) is 4.76. The van der Waals surface area contributed by atoms with E-state index in [1.165, 1.54) is 36.0 Å². The van der Waals surface area contributed by atoms with Crippen molar-refractivity contribution in [1.29, 1.82) is 0 Å². The molecule has 1 atom stereocenters. The topological polar surface area (TPSA) is 33.3 Å². The van der Waals surface area contributed by atoms with Gasteiger partial charge in [-0.2, -0.15) is 0 Å². The van der Waals surface area contributed by atoms with Crippen molar-refractivity contribution in [2.75, 3.05) is 26.7 Å². The van der Waals surface area contributed by atoms with E-state index in [1.807, 2.05) is 0 Å². The van der Waals surface area contributed by atoms with Crippen molar-refractivity contribution in [3.63, 3.8) is 0 Å².